The molecule has 0 amide bonds. The van der Waals surface area contributed by atoms with Crippen molar-refractivity contribution in [2.75, 3.05) is 36.8 Å². The molecule has 3 aromatic rings. The summed E-state index contributed by atoms with van der Waals surface area (Å²) >= 11 is 0. The minimum absolute atomic E-state index is 0.201. The molecule has 8 heteroatoms. The molecule has 1 saturated carbocycles. The molecule has 3 heterocycles. The van der Waals surface area contributed by atoms with Crippen molar-refractivity contribution in [2.45, 2.75) is 44.4 Å². The van der Waals surface area contributed by atoms with E-state index >= 15 is 0 Å². The Labute approximate surface area is 189 Å². The lowest BCUT2D eigenvalue weighted by atomic mass is 10.0. The summed E-state index contributed by atoms with van der Waals surface area (Å²) in [7, 11) is -3.46. The van der Waals surface area contributed by atoms with Gasteiger partial charge in [-0.25, -0.2) is 13.4 Å². The molecule has 1 aromatic carbocycles. The maximum atomic E-state index is 13.6. The molecule has 0 spiro atoms. The molecular formula is C24H30N4O3S. The van der Waals surface area contributed by atoms with Crippen LogP contribution in [0.25, 0.3) is 22.0 Å². The average molecular weight is 455 g/mol. The van der Waals surface area contributed by atoms with Crippen molar-refractivity contribution in [3.05, 3.63) is 35.7 Å². The lowest BCUT2D eigenvalue weighted by Gasteiger charge is -2.28. The third-order valence-electron chi connectivity index (χ3n) is 6.78. The number of piperazine rings is 1. The maximum Gasteiger partial charge on any atom is 0.179 e. The van der Waals surface area contributed by atoms with Gasteiger partial charge in [0, 0.05) is 37.1 Å². The molecule has 1 N–H and O–H groups in total. The minimum Gasteiger partial charge on any atom is -0.361 e. The number of fused-ring (bicyclic) bond motifs is 1. The SMILES string of the molecule is Cc1noc(C)c1-c1cc(S(=O)(=O)CC2CCCC2)c2ccc(N3CCNCC3)nc2c1. The van der Waals surface area contributed by atoms with Crippen LogP contribution in [0.1, 0.15) is 37.1 Å². The van der Waals surface area contributed by atoms with Crippen LogP contribution in [0.2, 0.25) is 0 Å². The second-order valence-corrected chi connectivity index (χ2v) is 11.1. The van der Waals surface area contributed by atoms with Gasteiger partial charge in [-0.3, -0.25) is 0 Å². The molecule has 1 aliphatic carbocycles. The van der Waals surface area contributed by atoms with Crippen molar-refractivity contribution in [1.82, 2.24) is 15.5 Å². The number of hydrogen-bond donors (Lipinski definition) is 1. The van der Waals surface area contributed by atoms with Gasteiger partial charge in [-0.1, -0.05) is 18.0 Å². The number of benzene rings is 1. The Hall–Kier alpha value is -2.45. The lowest BCUT2D eigenvalue weighted by Crippen LogP contribution is -2.43. The van der Waals surface area contributed by atoms with Gasteiger partial charge in [0.25, 0.3) is 0 Å². The molecule has 2 aliphatic rings. The second-order valence-electron chi connectivity index (χ2n) is 9.08. The Kier molecular flexibility index (Phi) is 5.67. The molecule has 7 nitrogen and oxygen atoms in total. The van der Waals surface area contributed by atoms with Gasteiger partial charge in [-0.15, -0.1) is 0 Å². The number of pyridine rings is 1. The van der Waals surface area contributed by atoms with Crippen LogP contribution in [-0.2, 0) is 9.84 Å². The van der Waals surface area contributed by atoms with E-state index < -0.39 is 9.84 Å². The van der Waals surface area contributed by atoms with Gasteiger partial charge < -0.3 is 14.7 Å². The standard InChI is InChI=1S/C24H30N4O3S/c1-16-24(17(2)31-27-16)19-13-21-20(7-8-23(26-21)28-11-9-25-10-12-28)22(14-19)32(29,30)15-18-5-3-4-6-18/h7-8,13-14,18,25H,3-6,9-12,15H2,1-2H3. The molecule has 2 aromatic heterocycles. The van der Waals surface area contributed by atoms with Crippen molar-refractivity contribution in [2.24, 2.45) is 5.92 Å². The molecule has 1 saturated heterocycles. The maximum absolute atomic E-state index is 13.6. The van der Waals surface area contributed by atoms with Crippen molar-refractivity contribution < 1.29 is 12.9 Å². The summed E-state index contributed by atoms with van der Waals surface area (Å²) in [6, 6.07) is 7.66. The Bertz CT molecular complexity index is 1220. The first-order chi connectivity index (χ1) is 15.4. The zero-order valence-electron chi connectivity index (χ0n) is 18.7. The third-order valence-corrected chi connectivity index (χ3v) is 8.70. The number of nitrogens with zero attached hydrogens (tertiary/aromatic N) is 3. The number of nitrogens with one attached hydrogen (secondary N) is 1. The van der Waals surface area contributed by atoms with Crippen LogP contribution in [0.3, 0.4) is 0 Å². The summed E-state index contributed by atoms with van der Waals surface area (Å²) < 4.78 is 32.6. The summed E-state index contributed by atoms with van der Waals surface area (Å²) in [6.07, 6.45) is 4.23. The molecule has 0 radical (unpaired) electrons. The van der Waals surface area contributed by atoms with Gasteiger partial charge in [-0.05, 0) is 62.4 Å². The fraction of sp³-hybridized carbons (Fsp3) is 0.500. The fourth-order valence-corrected chi connectivity index (χ4v) is 7.08. The number of rotatable bonds is 5. The van der Waals surface area contributed by atoms with Gasteiger partial charge in [0.05, 0.1) is 21.9 Å². The molecule has 1 aliphatic heterocycles. The average Bonchev–Trinajstić information content (AvgIpc) is 3.41. The molecule has 32 heavy (non-hydrogen) atoms. The largest absolute Gasteiger partial charge is 0.361 e. The van der Waals surface area contributed by atoms with E-state index in [-0.39, 0.29) is 11.7 Å². The molecule has 0 atom stereocenters. The first-order valence-corrected chi connectivity index (χ1v) is 13.1. The molecule has 170 valence electrons. The number of hydrogen-bond acceptors (Lipinski definition) is 7. The van der Waals surface area contributed by atoms with Crippen LogP contribution in [0.5, 0.6) is 0 Å². The van der Waals surface area contributed by atoms with E-state index in [4.69, 9.17) is 9.51 Å². The highest BCUT2D eigenvalue weighted by atomic mass is 32.2. The van der Waals surface area contributed by atoms with E-state index in [0.29, 0.717) is 21.6 Å². The highest BCUT2D eigenvalue weighted by Crippen LogP contribution is 2.36. The van der Waals surface area contributed by atoms with E-state index in [1.165, 1.54) is 0 Å². The first kappa shape index (κ1) is 21.4. The second kappa shape index (κ2) is 8.48. The van der Waals surface area contributed by atoms with Crippen molar-refractivity contribution in [3.63, 3.8) is 0 Å². The predicted octanol–water partition coefficient (Wildman–Crippen LogP) is 3.88. The van der Waals surface area contributed by atoms with Crippen LogP contribution in [0, 0.1) is 19.8 Å². The number of anilines is 1. The van der Waals surface area contributed by atoms with E-state index in [9.17, 15) is 8.42 Å². The number of aromatic nitrogens is 2. The molecule has 2 fully saturated rings. The Balaban J connectivity index is 1.66. The van der Waals surface area contributed by atoms with E-state index in [1.54, 1.807) is 6.07 Å². The first-order valence-electron chi connectivity index (χ1n) is 11.5. The number of sulfone groups is 1. The Morgan fingerprint density at radius 2 is 1.88 bits per heavy atom. The Morgan fingerprint density at radius 1 is 1.12 bits per heavy atom. The third kappa shape index (κ3) is 4.01. The summed E-state index contributed by atoms with van der Waals surface area (Å²) in [5.74, 6) is 2.01. The molecular weight excluding hydrogens is 424 g/mol. The summed E-state index contributed by atoms with van der Waals surface area (Å²) in [4.78, 5) is 7.53. The van der Waals surface area contributed by atoms with E-state index in [1.807, 2.05) is 32.0 Å². The number of aryl methyl sites for hydroxylation is 2. The monoisotopic (exact) mass is 454 g/mol. The summed E-state index contributed by atoms with van der Waals surface area (Å²) in [6.45, 7) is 7.34. The highest BCUT2D eigenvalue weighted by molar-refractivity contribution is 7.91. The van der Waals surface area contributed by atoms with Crippen molar-refractivity contribution in [3.8, 4) is 11.1 Å². The zero-order chi connectivity index (χ0) is 22.3. The van der Waals surface area contributed by atoms with Gasteiger partial charge in [-0.2, -0.15) is 0 Å². The summed E-state index contributed by atoms with van der Waals surface area (Å²) in [5.41, 5.74) is 3.09. The van der Waals surface area contributed by atoms with Gasteiger partial charge in [0.1, 0.15) is 11.6 Å². The van der Waals surface area contributed by atoms with E-state index in [0.717, 1.165) is 74.5 Å². The highest BCUT2D eigenvalue weighted by Gasteiger charge is 2.27. The molecule has 0 unspecified atom stereocenters. The normalized spacial score (nSPS) is 18.0. The quantitative estimate of drug-likeness (QED) is 0.626. The van der Waals surface area contributed by atoms with Gasteiger partial charge >= 0.3 is 0 Å². The molecule has 5 rings (SSSR count). The van der Waals surface area contributed by atoms with Crippen molar-refractivity contribution in [1.29, 1.82) is 0 Å². The zero-order valence-corrected chi connectivity index (χ0v) is 19.5. The Morgan fingerprint density at radius 3 is 2.56 bits per heavy atom. The van der Waals surface area contributed by atoms with Crippen LogP contribution in [0.15, 0.2) is 33.7 Å². The lowest BCUT2D eigenvalue weighted by molar-refractivity contribution is 0.393. The summed E-state index contributed by atoms with van der Waals surface area (Å²) in [5, 5.41) is 8.13. The fourth-order valence-electron chi connectivity index (χ4n) is 5.13. The predicted molar refractivity (Wildman–Crippen MR) is 126 cm³/mol. The van der Waals surface area contributed by atoms with Crippen LogP contribution >= 0.6 is 0 Å². The van der Waals surface area contributed by atoms with E-state index in [2.05, 4.69) is 15.4 Å². The van der Waals surface area contributed by atoms with Crippen LogP contribution < -0.4 is 10.2 Å². The van der Waals surface area contributed by atoms with Crippen molar-refractivity contribution >= 4 is 26.6 Å². The molecule has 0 bridgehead atoms. The smallest absolute Gasteiger partial charge is 0.179 e. The van der Waals surface area contributed by atoms with Crippen LogP contribution in [-0.4, -0.2) is 50.5 Å². The van der Waals surface area contributed by atoms with Gasteiger partial charge in [0.15, 0.2) is 9.84 Å². The topological polar surface area (TPSA) is 88.3 Å². The minimum atomic E-state index is -3.46. The van der Waals surface area contributed by atoms with Gasteiger partial charge in [0.2, 0.25) is 0 Å². The van der Waals surface area contributed by atoms with Crippen LogP contribution in [0.4, 0.5) is 5.82 Å².